The van der Waals surface area contributed by atoms with Crippen molar-refractivity contribution in [2.45, 2.75) is 20.4 Å². The lowest BCUT2D eigenvalue weighted by Gasteiger charge is -2.09. The highest BCUT2D eigenvalue weighted by molar-refractivity contribution is 6.30. The number of carbonyl (C=O) groups excluding carboxylic acids is 1. The molecule has 2 N–H and O–H groups in total. The number of aryl methyl sites for hydroxylation is 1. The molecule has 0 spiro atoms. The molecule has 0 radical (unpaired) electrons. The molecule has 7 heteroatoms. The van der Waals surface area contributed by atoms with Gasteiger partial charge in [0.05, 0.1) is 23.6 Å². The Balaban J connectivity index is 1.74. The predicted molar refractivity (Wildman–Crippen MR) is 101 cm³/mol. The van der Waals surface area contributed by atoms with E-state index < -0.39 is 0 Å². The largest absolute Gasteiger partial charge is 0.323 e. The quantitative estimate of drug-likeness (QED) is 0.678. The van der Waals surface area contributed by atoms with E-state index in [4.69, 9.17) is 11.6 Å². The van der Waals surface area contributed by atoms with E-state index in [0.717, 1.165) is 11.3 Å². The highest BCUT2D eigenvalue weighted by atomic mass is 35.5. The van der Waals surface area contributed by atoms with E-state index in [1.807, 2.05) is 19.9 Å². The number of hydrogen-bond acceptors (Lipinski definition) is 2. The summed E-state index contributed by atoms with van der Waals surface area (Å²) in [5.74, 6) is -0.289. The Morgan fingerprint density at radius 1 is 1.15 bits per heavy atom. The van der Waals surface area contributed by atoms with Crippen molar-refractivity contribution in [3.05, 3.63) is 76.3 Å². The number of amides is 2. The average Bonchev–Trinajstić information content (AvgIpc) is 2.82. The molecule has 0 bridgehead atoms. The fourth-order valence-corrected chi connectivity index (χ4v) is 2.87. The third-order valence-corrected chi connectivity index (χ3v) is 4.16. The molecule has 26 heavy (non-hydrogen) atoms. The van der Waals surface area contributed by atoms with E-state index in [1.165, 1.54) is 12.1 Å². The average molecular weight is 373 g/mol. The van der Waals surface area contributed by atoms with E-state index in [1.54, 1.807) is 35.0 Å². The van der Waals surface area contributed by atoms with Gasteiger partial charge < -0.3 is 10.6 Å². The van der Waals surface area contributed by atoms with Gasteiger partial charge in [-0.25, -0.2) is 9.18 Å². The van der Waals surface area contributed by atoms with Gasteiger partial charge in [-0.05, 0) is 49.7 Å². The molecule has 0 saturated carbocycles. The van der Waals surface area contributed by atoms with Crippen molar-refractivity contribution in [1.29, 1.82) is 0 Å². The fourth-order valence-electron chi connectivity index (χ4n) is 2.68. The van der Waals surface area contributed by atoms with Crippen molar-refractivity contribution < 1.29 is 9.18 Å². The minimum Gasteiger partial charge on any atom is -0.308 e. The third-order valence-electron chi connectivity index (χ3n) is 3.92. The molecular formula is C19H18ClFN4O. The number of aromatic nitrogens is 2. The van der Waals surface area contributed by atoms with Crippen LogP contribution < -0.4 is 10.6 Å². The zero-order valence-electron chi connectivity index (χ0n) is 14.4. The molecule has 0 atom stereocenters. The Labute approximate surface area is 155 Å². The van der Waals surface area contributed by atoms with Gasteiger partial charge in [-0.1, -0.05) is 29.8 Å². The molecule has 0 aliphatic carbocycles. The molecule has 3 rings (SSSR count). The number of halogens is 2. The minimum absolute atomic E-state index is 0.289. The van der Waals surface area contributed by atoms with Crippen LogP contribution in [0.3, 0.4) is 0 Å². The number of benzene rings is 2. The Bertz CT molecular complexity index is 954. The third kappa shape index (κ3) is 4.21. The lowest BCUT2D eigenvalue weighted by atomic mass is 10.2. The van der Waals surface area contributed by atoms with Gasteiger partial charge in [-0.3, -0.25) is 4.68 Å². The van der Waals surface area contributed by atoms with Crippen molar-refractivity contribution in [1.82, 2.24) is 9.78 Å². The number of rotatable bonds is 4. The first kappa shape index (κ1) is 17.9. The maximum Gasteiger partial charge on any atom is 0.323 e. The predicted octanol–water partition coefficient (Wildman–Crippen LogP) is 4.98. The molecule has 2 amide bonds. The zero-order valence-corrected chi connectivity index (χ0v) is 15.1. The number of hydrogen-bond donors (Lipinski definition) is 2. The second-order valence-electron chi connectivity index (χ2n) is 5.92. The molecule has 0 saturated heterocycles. The summed E-state index contributed by atoms with van der Waals surface area (Å²) in [7, 11) is 0. The van der Waals surface area contributed by atoms with Gasteiger partial charge in [-0.15, -0.1) is 0 Å². The summed E-state index contributed by atoms with van der Waals surface area (Å²) in [6, 6.07) is 12.9. The molecule has 0 aliphatic heterocycles. The Morgan fingerprint density at radius 2 is 1.92 bits per heavy atom. The van der Waals surface area contributed by atoms with Crippen LogP contribution in [-0.2, 0) is 6.54 Å². The van der Waals surface area contributed by atoms with Gasteiger partial charge in [0.15, 0.2) is 0 Å². The number of nitrogens with one attached hydrogen (secondary N) is 2. The highest BCUT2D eigenvalue weighted by Gasteiger charge is 2.14. The van der Waals surface area contributed by atoms with Crippen LogP contribution in [0.2, 0.25) is 5.02 Å². The molecule has 0 unspecified atom stereocenters. The van der Waals surface area contributed by atoms with Crippen molar-refractivity contribution in [3.8, 4) is 0 Å². The van der Waals surface area contributed by atoms with E-state index in [0.29, 0.717) is 28.6 Å². The molecule has 5 nitrogen and oxygen atoms in total. The van der Waals surface area contributed by atoms with Crippen LogP contribution in [0.15, 0.2) is 48.5 Å². The van der Waals surface area contributed by atoms with E-state index in [9.17, 15) is 9.18 Å². The van der Waals surface area contributed by atoms with Crippen LogP contribution in [0, 0.1) is 19.7 Å². The van der Waals surface area contributed by atoms with E-state index in [-0.39, 0.29) is 11.8 Å². The summed E-state index contributed by atoms with van der Waals surface area (Å²) >= 11 is 5.92. The van der Waals surface area contributed by atoms with Crippen LogP contribution in [-0.4, -0.2) is 15.8 Å². The Kier molecular flexibility index (Phi) is 5.23. The van der Waals surface area contributed by atoms with Crippen molar-refractivity contribution in [2.24, 2.45) is 0 Å². The molecular weight excluding hydrogens is 355 g/mol. The van der Waals surface area contributed by atoms with E-state index >= 15 is 0 Å². The minimum atomic E-state index is -0.385. The maximum atomic E-state index is 13.4. The number of anilines is 2. The standard InChI is InChI=1S/C19H18ClFN4O/c1-12-18(23-19(26)22-17-8-4-6-15(20)10-17)13(2)25(24-12)11-14-5-3-7-16(21)9-14/h3-10H,11H2,1-2H3,(H2,22,23,26). The fraction of sp³-hybridized carbons (Fsp3) is 0.158. The molecule has 2 aromatic carbocycles. The SMILES string of the molecule is Cc1nn(Cc2cccc(F)c2)c(C)c1NC(=O)Nc1cccc(Cl)c1. The summed E-state index contributed by atoms with van der Waals surface area (Å²) in [5, 5.41) is 10.5. The lowest BCUT2D eigenvalue weighted by Crippen LogP contribution is -2.20. The molecule has 1 heterocycles. The van der Waals surface area contributed by atoms with Gasteiger partial charge in [0.1, 0.15) is 5.82 Å². The van der Waals surface area contributed by atoms with Crippen LogP contribution in [0.5, 0.6) is 0 Å². The van der Waals surface area contributed by atoms with Crippen LogP contribution in [0.1, 0.15) is 17.0 Å². The summed E-state index contributed by atoms with van der Waals surface area (Å²) in [6.45, 7) is 4.08. The van der Waals surface area contributed by atoms with Crippen molar-refractivity contribution in [2.75, 3.05) is 10.6 Å². The normalized spacial score (nSPS) is 10.6. The monoisotopic (exact) mass is 372 g/mol. The van der Waals surface area contributed by atoms with Crippen molar-refractivity contribution >= 4 is 29.0 Å². The topological polar surface area (TPSA) is 59.0 Å². The Morgan fingerprint density at radius 3 is 2.65 bits per heavy atom. The van der Waals surface area contributed by atoms with Gasteiger partial charge in [0, 0.05) is 10.7 Å². The molecule has 3 aromatic rings. The van der Waals surface area contributed by atoms with Gasteiger partial charge in [-0.2, -0.15) is 5.10 Å². The molecule has 1 aromatic heterocycles. The molecule has 134 valence electrons. The second-order valence-corrected chi connectivity index (χ2v) is 6.36. The van der Waals surface area contributed by atoms with Gasteiger partial charge in [0.2, 0.25) is 0 Å². The number of nitrogens with zero attached hydrogens (tertiary/aromatic N) is 2. The van der Waals surface area contributed by atoms with Crippen LogP contribution in [0.4, 0.5) is 20.6 Å². The summed E-state index contributed by atoms with van der Waals surface area (Å²) in [4.78, 5) is 12.3. The summed E-state index contributed by atoms with van der Waals surface area (Å²) < 4.78 is 15.1. The van der Waals surface area contributed by atoms with E-state index in [2.05, 4.69) is 15.7 Å². The first-order chi connectivity index (χ1) is 12.4. The second kappa shape index (κ2) is 7.58. The smallest absolute Gasteiger partial charge is 0.308 e. The lowest BCUT2D eigenvalue weighted by molar-refractivity contribution is 0.262. The Hall–Kier alpha value is -2.86. The molecule has 0 aliphatic rings. The summed E-state index contributed by atoms with van der Waals surface area (Å²) in [6.07, 6.45) is 0. The summed E-state index contributed by atoms with van der Waals surface area (Å²) in [5.41, 5.74) is 3.48. The van der Waals surface area contributed by atoms with Crippen molar-refractivity contribution in [3.63, 3.8) is 0 Å². The van der Waals surface area contributed by atoms with Gasteiger partial charge >= 0.3 is 6.03 Å². The number of carbonyl (C=O) groups is 1. The first-order valence-corrected chi connectivity index (χ1v) is 8.42. The first-order valence-electron chi connectivity index (χ1n) is 8.04. The molecule has 0 fully saturated rings. The highest BCUT2D eigenvalue weighted by Crippen LogP contribution is 2.21. The van der Waals surface area contributed by atoms with Gasteiger partial charge in [0.25, 0.3) is 0 Å². The zero-order chi connectivity index (χ0) is 18.7. The van der Waals surface area contributed by atoms with Crippen LogP contribution in [0.25, 0.3) is 0 Å². The number of urea groups is 1. The van der Waals surface area contributed by atoms with Crippen LogP contribution >= 0.6 is 11.6 Å². The maximum absolute atomic E-state index is 13.4.